The van der Waals surface area contributed by atoms with Gasteiger partial charge in [-0.2, -0.15) is 8.42 Å². The number of hydrogen-bond acceptors (Lipinski definition) is 6. The van der Waals surface area contributed by atoms with Gasteiger partial charge in [0.2, 0.25) is 0 Å². The molecule has 0 bridgehead atoms. The first-order valence-corrected chi connectivity index (χ1v) is 13.7. The lowest BCUT2D eigenvalue weighted by molar-refractivity contribution is 0.442. The zero-order valence-corrected chi connectivity index (χ0v) is 22.7. The van der Waals surface area contributed by atoms with Gasteiger partial charge >= 0.3 is 5.69 Å². The molecule has 2 heterocycles. The molecule has 2 aromatic heterocycles. The molecule has 1 aliphatic rings. The summed E-state index contributed by atoms with van der Waals surface area (Å²) in [5, 5.41) is -0.244. The molecule has 11 nitrogen and oxygen atoms in total. The van der Waals surface area contributed by atoms with Crippen molar-refractivity contribution in [1.29, 1.82) is 0 Å². The number of ether oxygens (including phenoxy) is 1. The highest BCUT2D eigenvalue weighted by Crippen LogP contribution is 2.36. The Bertz CT molecular complexity index is 1990. The second kappa shape index (κ2) is 9.71. The van der Waals surface area contributed by atoms with E-state index in [9.17, 15) is 22.8 Å². The van der Waals surface area contributed by atoms with Gasteiger partial charge < -0.3 is 4.74 Å². The summed E-state index contributed by atoms with van der Waals surface area (Å²) in [6.45, 7) is 3.04. The van der Waals surface area contributed by atoms with Crippen molar-refractivity contribution >= 4 is 26.9 Å². The number of rotatable bonds is 7. The predicted octanol–water partition coefficient (Wildman–Crippen LogP) is 2.75. The Morgan fingerprint density at radius 3 is 2.35 bits per heavy atom. The number of anilines is 1. The Morgan fingerprint density at radius 1 is 1.02 bits per heavy atom. The van der Waals surface area contributed by atoms with Gasteiger partial charge in [-0.25, -0.2) is 22.9 Å². The fourth-order valence-electron chi connectivity index (χ4n) is 4.53. The normalized spacial score (nSPS) is 13.6. The fourth-order valence-corrected chi connectivity index (χ4v) is 5.08. The molecule has 0 unspecified atom stereocenters. The molecule has 5 rings (SSSR count). The number of pyridine rings is 1. The zero-order valence-electron chi connectivity index (χ0n) is 21.9. The largest absolute Gasteiger partial charge is 0.453 e. The highest BCUT2D eigenvalue weighted by Gasteiger charge is 2.32. The molecular weight excluding hydrogens is 548 g/mol. The molecule has 0 atom stereocenters. The number of aryl methyl sites for hydroxylation is 2. The van der Waals surface area contributed by atoms with Gasteiger partial charge in [-0.05, 0) is 56.5 Å². The third-order valence-corrected chi connectivity index (χ3v) is 7.75. The molecule has 2 N–H and O–H groups in total. The van der Waals surface area contributed by atoms with E-state index >= 15 is 8.78 Å². The van der Waals surface area contributed by atoms with Crippen molar-refractivity contribution in [2.45, 2.75) is 32.7 Å². The number of hydrogen-bond donors (Lipinski definition) is 2. The third-order valence-electron chi connectivity index (χ3n) is 6.72. The number of aromatic nitrogens is 3. The topological polar surface area (TPSA) is 133 Å². The van der Waals surface area contributed by atoms with Crippen LogP contribution in [0.3, 0.4) is 0 Å². The summed E-state index contributed by atoms with van der Waals surface area (Å²) in [6, 6.07) is 7.39. The van der Waals surface area contributed by atoms with Crippen molar-refractivity contribution in [2.75, 3.05) is 11.8 Å². The summed E-state index contributed by atoms with van der Waals surface area (Å²) in [5.74, 6) is -2.71. The van der Waals surface area contributed by atoms with Gasteiger partial charge in [-0.15, -0.1) is 0 Å². The molecule has 1 fully saturated rings. The molecule has 40 heavy (non-hydrogen) atoms. The quantitative estimate of drug-likeness (QED) is 0.349. The summed E-state index contributed by atoms with van der Waals surface area (Å²) >= 11 is 0. The third kappa shape index (κ3) is 4.48. The van der Waals surface area contributed by atoms with Crippen LogP contribution in [-0.4, -0.2) is 29.2 Å². The average molecular weight is 574 g/mol. The Labute approximate surface area is 226 Å². The minimum atomic E-state index is -4.08. The van der Waals surface area contributed by atoms with Crippen molar-refractivity contribution in [3.05, 3.63) is 90.4 Å². The highest BCUT2D eigenvalue weighted by atomic mass is 32.2. The minimum Gasteiger partial charge on any atom is -0.453 e. The van der Waals surface area contributed by atoms with Crippen molar-refractivity contribution in [2.24, 2.45) is 7.05 Å². The first-order chi connectivity index (χ1) is 18.9. The van der Waals surface area contributed by atoms with Crippen molar-refractivity contribution in [1.82, 2.24) is 18.4 Å². The standard InChI is InChI=1S/C26H25F2N5O6S/c1-13-8-11-18(16(27)12-13)33-23-20(25(35)32(26(33)36)15-9-10-15)22(14(2)24(34)31(23)4)39-19-7-5-6-17(21(19)28)30-40(37,38)29-3/h5-8,11-12,15,29-30H,9-10H2,1-4H3. The predicted molar refractivity (Wildman–Crippen MR) is 145 cm³/mol. The van der Waals surface area contributed by atoms with Gasteiger partial charge in [0.15, 0.2) is 17.3 Å². The van der Waals surface area contributed by atoms with Crippen LogP contribution in [0, 0.1) is 25.5 Å². The van der Waals surface area contributed by atoms with E-state index in [1.807, 2.05) is 9.44 Å². The maximum absolute atomic E-state index is 15.4. The van der Waals surface area contributed by atoms with E-state index in [0.29, 0.717) is 18.4 Å². The summed E-state index contributed by atoms with van der Waals surface area (Å²) in [6.07, 6.45) is 1.08. The maximum Gasteiger partial charge on any atom is 0.337 e. The van der Waals surface area contributed by atoms with Crippen LogP contribution in [0.15, 0.2) is 50.8 Å². The molecule has 4 aromatic rings. The average Bonchev–Trinajstić information content (AvgIpc) is 3.73. The van der Waals surface area contributed by atoms with Gasteiger partial charge in [-0.1, -0.05) is 12.1 Å². The first kappa shape index (κ1) is 27.3. The van der Waals surface area contributed by atoms with E-state index in [2.05, 4.69) is 0 Å². The lowest BCUT2D eigenvalue weighted by Gasteiger charge is -2.20. The Morgan fingerprint density at radius 2 is 1.73 bits per heavy atom. The van der Waals surface area contributed by atoms with Gasteiger partial charge in [0.25, 0.3) is 21.3 Å². The van der Waals surface area contributed by atoms with E-state index in [0.717, 1.165) is 26.8 Å². The summed E-state index contributed by atoms with van der Waals surface area (Å²) in [5.41, 5.74) is -2.67. The minimum absolute atomic E-state index is 0.0790. The fraction of sp³-hybridized carbons (Fsp3) is 0.269. The van der Waals surface area contributed by atoms with Crippen LogP contribution < -0.4 is 31.0 Å². The molecular formula is C26H25F2N5O6S. The second-order valence-corrected chi connectivity index (χ2v) is 11.1. The maximum atomic E-state index is 15.4. The number of benzene rings is 2. The van der Waals surface area contributed by atoms with E-state index in [4.69, 9.17) is 4.74 Å². The van der Waals surface area contributed by atoms with Crippen LogP contribution in [0.5, 0.6) is 11.5 Å². The number of nitrogens with zero attached hydrogens (tertiary/aromatic N) is 3. The first-order valence-electron chi connectivity index (χ1n) is 12.2. The molecule has 1 saturated carbocycles. The van der Waals surface area contributed by atoms with Crippen LogP contribution in [0.2, 0.25) is 0 Å². The van der Waals surface area contributed by atoms with E-state index in [-0.39, 0.29) is 28.0 Å². The summed E-state index contributed by atoms with van der Waals surface area (Å²) < 4.78 is 67.3. The van der Waals surface area contributed by atoms with E-state index in [1.54, 1.807) is 13.0 Å². The molecule has 0 radical (unpaired) electrons. The van der Waals surface area contributed by atoms with E-state index < -0.39 is 56.1 Å². The summed E-state index contributed by atoms with van der Waals surface area (Å²) in [4.78, 5) is 40.8. The highest BCUT2D eigenvalue weighted by molar-refractivity contribution is 7.90. The lowest BCUT2D eigenvalue weighted by Crippen LogP contribution is -2.42. The van der Waals surface area contributed by atoms with E-state index in [1.165, 1.54) is 38.2 Å². The molecule has 0 spiro atoms. The lowest BCUT2D eigenvalue weighted by atomic mass is 10.1. The molecule has 0 aliphatic heterocycles. The molecule has 0 amide bonds. The van der Waals surface area contributed by atoms with Crippen LogP contribution in [0.25, 0.3) is 16.7 Å². The molecule has 14 heteroatoms. The Kier molecular flexibility index (Phi) is 6.62. The SMILES string of the molecule is CNS(=O)(=O)Nc1cccc(Oc2c(C)c(=O)n(C)c3c2c(=O)n(C2CC2)c(=O)n3-c2ccc(C)cc2F)c1F. The number of nitrogens with one attached hydrogen (secondary N) is 2. The van der Waals surface area contributed by atoms with Crippen molar-refractivity contribution in [3.63, 3.8) is 0 Å². The van der Waals surface area contributed by atoms with Gasteiger partial charge in [0.1, 0.15) is 16.9 Å². The smallest absolute Gasteiger partial charge is 0.337 e. The number of halogens is 2. The van der Waals surface area contributed by atoms with Crippen molar-refractivity contribution in [3.8, 4) is 17.2 Å². The van der Waals surface area contributed by atoms with Gasteiger partial charge in [0.05, 0.1) is 16.9 Å². The van der Waals surface area contributed by atoms with Crippen LogP contribution in [0.1, 0.15) is 30.0 Å². The van der Waals surface area contributed by atoms with Gasteiger partial charge in [-0.3, -0.25) is 23.4 Å². The van der Waals surface area contributed by atoms with Crippen LogP contribution >= 0.6 is 0 Å². The number of fused-ring (bicyclic) bond motifs is 1. The van der Waals surface area contributed by atoms with Crippen molar-refractivity contribution < 1.29 is 21.9 Å². The van der Waals surface area contributed by atoms with Gasteiger partial charge in [0, 0.05) is 20.1 Å². The zero-order chi connectivity index (χ0) is 29.1. The van der Waals surface area contributed by atoms with Crippen LogP contribution in [-0.2, 0) is 17.3 Å². The summed E-state index contributed by atoms with van der Waals surface area (Å²) in [7, 11) is -1.61. The molecule has 2 aromatic carbocycles. The molecule has 0 saturated heterocycles. The monoisotopic (exact) mass is 573 g/mol. The Balaban J connectivity index is 1.86. The molecule has 1 aliphatic carbocycles. The second-order valence-electron chi connectivity index (χ2n) is 9.53. The Hall–Kier alpha value is -4.30. The van der Waals surface area contributed by atoms with Crippen LogP contribution in [0.4, 0.5) is 14.5 Å². The molecule has 210 valence electrons.